The van der Waals surface area contributed by atoms with Crippen LogP contribution in [0.3, 0.4) is 0 Å². The van der Waals surface area contributed by atoms with Gasteiger partial charge in [-0.1, -0.05) is 0 Å². The Bertz CT molecular complexity index is 997. The normalized spacial score (nSPS) is 16.2. The second-order valence-corrected chi connectivity index (χ2v) is 10.7. The maximum atomic E-state index is 13.5. The van der Waals surface area contributed by atoms with Crippen LogP contribution < -0.4 is 10.2 Å². The lowest BCUT2D eigenvalue weighted by atomic mass is 9.99. The molecule has 12 heteroatoms. The molecule has 2 aromatic heterocycles. The number of amides is 1. The largest absolute Gasteiger partial charge is 0.443 e. The van der Waals surface area contributed by atoms with E-state index in [1.54, 1.807) is 27.0 Å². The lowest BCUT2D eigenvalue weighted by Gasteiger charge is -2.33. The molecule has 0 atom stereocenters. The number of hydrogen-bond donors (Lipinski definition) is 1. The fourth-order valence-corrected chi connectivity index (χ4v) is 3.83. The van der Waals surface area contributed by atoms with Crippen LogP contribution >= 0.6 is 22.6 Å². The van der Waals surface area contributed by atoms with Crippen molar-refractivity contribution in [2.24, 2.45) is 5.92 Å². The lowest BCUT2D eigenvalue weighted by molar-refractivity contribution is -0.168. The van der Waals surface area contributed by atoms with Gasteiger partial charge in [0.2, 0.25) is 0 Å². The molecule has 1 fully saturated rings. The van der Waals surface area contributed by atoms with Crippen molar-refractivity contribution >= 4 is 45.8 Å². The molecule has 0 aromatic carbocycles. The molecule has 1 amide bonds. The van der Waals surface area contributed by atoms with Crippen LogP contribution in [0.15, 0.2) is 12.3 Å². The summed E-state index contributed by atoms with van der Waals surface area (Å²) in [6.07, 6.45) is -2.04. The van der Waals surface area contributed by atoms with Crippen molar-refractivity contribution in [1.82, 2.24) is 14.6 Å². The average molecular weight is 583 g/mol. The van der Waals surface area contributed by atoms with Gasteiger partial charge in [-0.3, -0.25) is 4.90 Å². The highest BCUT2D eigenvalue weighted by molar-refractivity contribution is 14.1. The number of rotatable bonds is 5. The molecule has 0 bridgehead atoms. The minimum atomic E-state index is -4.52. The quantitative estimate of drug-likeness (QED) is 0.485. The fourth-order valence-electron chi connectivity index (χ4n) is 3.35. The number of anilines is 2. The summed E-state index contributed by atoms with van der Waals surface area (Å²) >= 11 is 2.00. The third-order valence-corrected chi connectivity index (χ3v) is 5.98. The number of carbonyl (C=O) groups is 1. The molecule has 0 unspecified atom stereocenters. The van der Waals surface area contributed by atoms with E-state index < -0.39 is 23.4 Å². The van der Waals surface area contributed by atoms with Crippen molar-refractivity contribution in [3.63, 3.8) is 0 Å². The molecule has 1 aliphatic heterocycles. The molecule has 8 nitrogen and oxygen atoms in total. The van der Waals surface area contributed by atoms with Crippen LogP contribution in [0.2, 0.25) is 0 Å². The van der Waals surface area contributed by atoms with Gasteiger partial charge in [-0.05, 0) is 76.0 Å². The third-order valence-electron chi connectivity index (χ3n) is 5.24. The first-order chi connectivity index (χ1) is 15.2. The van der Waals surface area contributed by atoms with Crippen LogP contribution in [0, 0.1) is 9.62 Å². The van der Waals surface area contributed by atoms with E-state index in [0.717, 1.165) is 26.7 Å². The number of aromatic nitrogens is 3. The van der Waals surface area contributed by atoms with Gasteiger partial charge in [0.1, 0.15) is 20.7 Å². The van der Waals surface area contributed by atoms with Gasteiger partial charge in [0.05, 0.1) is 11.9 Å². The molecule has 3 rings (SSSR count). The zero-order valence-corrected chi connectivity index (χ0v) is 21.5. The monoisotopic (exact) mass is 583 g/mol. The van der Waals surface area contributed by atoms with Gasteiger partial charge < -0.3 is 14.8 Å². The first-order valence-electron chi connectivity index (χ1n) is 10.7. The van der Waals surface area contributed by atoms with Gasteiger partial charge in [-0.15, -0.1) is 5.10 Å². The summed E-state index contributed by atoms with van der Waals surface area (Å²) in [7, 11) is 0. The SMILES string of the molecule is CC(C)(C)OC(=O)N(CC1CCOCC1)c1cc(NC(C)(C)C(F)(F)F)nn2c(I)cnc12. The minimum absolute atomic E-state index is 0.0312. The summed E-state index contributed by atoms with van der Waals surface area (Å²) in [4.78, 5) is 19.1. The number of halogens is 4. The second kappa shape index (κ2) is 9.43. The van der Waals surface area contributed by atoms with Gasteiger partial charge >= 0.3 is 12.3 Å². The maximum Gasteiger partial charge on any atom is 0.414 e. The maximum absolute atomic E-state index is 13.5. The Morgan fingerprint density at radius 2 is 1.91 bits per heavy atom. The van der Waals surface area contributed by atoms with E-state index >= 15 is 0 Å². The van der Waals surface area contributed by atoms with Crippen LogP contribution in [0.1, 0.15) is 47.5 Å². The number of nitrogens with one attached hydrogen (secondary N) is 1. The van der Waals surface area contributed by atoms with Crippen molar-refractivity contribution < 1.29 is 27.4 Å². The van der Waals surface area contributed by atoms with Crippen LogP contribution in [0.4, 0.5) is 29.5 Å². The Hall–Kier alpha value is -1.83. The molecule has 1 aliphatic rings. The molecule has 3 heterocycles. The summed E-state index contributed by atoms with van der Waals surface area (Å²) in [6, 6.07) is 1.43. The molecular formula is C21H29F3IN5O3. The first kappa shape index (κ1) is 25.8. The highest BCUT2D eigenvalue weighted by Gasteiger charge is 2.47. The Morgan fingerprint density at radius 1 is 1.27 bits per heavy atom. The van der Waals surface area contributed by atoms with Crippen LogP contribution in [-0.4, -0.2) is 57.8 Å². The number of hydrogen-bond acceptors (Lipinski definition) is 6. The molecule has 0 saturated carbocycles. The van der Waals surface area contributed by atoms with Crippen LogP contribution in [-0.2, 0) is 9.47 Å². The number of carbonyl (C=O) groups excluding carboxylic acids is 1. The Morgan fingerprint density at radius 3 is 2.48 bits per heavy atom. The summed E-state index contributed by atoms with van der Waals surface area (Å²) in [5, 5.41) is 6.76. The van der Waals surface area contributed by atoms with Gasteiger partial charge in [0, 0.05) is 25.8 Å². The lowest BCUT2D eigenvalue weighted by Crippen LogP contribution is -2.46. The summed E-state index contributed by atoms with van der Waals surface area (Å²) in [5.74, 6) is 0.118. The van der Waals surface area contributed by atoms with Crippen LogP contribution in [0.25, 0.3) is 5.65 Å². The zero-order chi connectivity index (χ0) is 24.6. The minimum Gasteiger partial charge on any atom is -0.443 e. The van der Waals surface area contributed by atoms with E-state index in [4.69, 9.17) is 9.47 Å². The highest BCUT2D eigenvalue weighted by atomic mass is 127. The topological polar surface area (TPSA) is 81.0 Å². The fraction of sp³-hybridized carbons (Fsp3) is 0.667. The molecule has 1 N–H and O–H groups in total. The van der Waals surface area contributed by atoms with Gasteiger partial charge in [0.15, 0.2) is 5.65 Å². The van der Waals surface area contributed by atoms with Crippen molar-refractivity contribution in [2.75, 3.05) is 30.0 Å². The molecule has 2 aromatic rings. The standard InChI is InChI=1S/C21H29F3IN5O3/c1-19(2,3)33-18(31)29(12-13-6-8-32-9-7-13)14-10-16(27-20(4,5)21(22,23)24)28-30-15(25)11-26-17(14)30/h10-11,13H,6-9,12H2,1-5H3,(H,27,28). The number of ether oxygens (including phenoxy) is 2. The number of alkyl halides is 3. The van der Waals surface area contributed by atoms with Crippen molar-refractivity contribution in [3.8, 4) is 0 Å². The Balaban J connectivity index is 2.09. The zero-order valence-electron chi connectivity index (χ0n) is 19.3. The predicted octanol–water partition coefficient (Wildman–Crippen LogP) is 5.25. The smallest absolute Gasteiger partial charge is 0.414 e. The van der Waals surface area contributed by atoms with Gasteiger partial charge in [-0.2, -0.15) is 13.2 Å². The Kier molecular flexibility index (Phi) is 7.37. The molecule has 0 aliphatic carbocycles. The predicted molar refractivity (Wildman–Crippen MR) is 127 cm³/mol. The summed E-state index contributed by atoms with van der Waals surface area (Å²) < 4.78 is 53.7. The van der Waals surface area contributed by atoms with Gasteiger partial charge in [-0.25, -0.2) is 14.3 Å². The average Bonchev–Trinajstić information content (AvgIpc) is 3.05. The van der Waals surface area contributed by atoms with E-state index in [0.29, 0.717) is 34.8 Å². The number of imidazole rings is 1. The summed E-state index contributed by atoms with van der Waals surface area (Å²) in [5.41, 5.74) is -2.31. The molecular weight excluding hydrogens is 554 g/mol. The van der Waals surface area contributed by atoms with E-state index in [1.807, 2.05) is 22.6 Å². The van der Waals surface area contributed by atoms with E-state index in [9.17, 15) is 18.0 Å². The third kappa shape index (κ3) is 6.19. The molecule has 0 radical (unpaired) electrons. The van der Waals surface area contributed by atoms with Crippen LogP contribution in [0.5, 0.6) is 0 Å². The van der Waals surface area contributed by atoms with E-state index in [1.165, 1.54) is 15.5 Å². The van der Waals surface area contributed by atoms with Crippen molar-refractivity contribution in [3.05, 3.63) is 16.0 Å². The number of nitrogens with zero attached hydrogens (tertiary/aromatic N) is 4. The first-order valence-corrected chi connectivity index (χ1v) is 11.7. The van der Waals surface area contributed by atoms with E-state index in [2.05, 4.69) is 15.4 Å². The second-order valence-electron chi connectivity index (χ2n) is 9.63. The van der Waals surface area contributed by atoms with E-state index in [-0.39, 0.29) is 11.7 Å². The highest BCUT2D eigenvalue weighted by Crippen LogP contribution is 2.35. The number of fused-ring (bicyclic) bond motifs is 1. The molecule has 33 heavy (non-hydrogen) atoms. The van der Waals surface area contributed by atoms with Crippen molar-refractivity contribution in [2.45, 2.75) is 64.8 Å². The molecule has 1 saturated heterocycles. The van der Waals surface area contributed by atoms with Crippen molar-refractivity contribution in [1.29, 1.82) is 0 Å². The molecule has 0 spiro atoms. The Labute approximate surface area is 204 Å². The summed E-state index contributed by atoms with van der Waals surface area (Å²) in [6.45, 7) is 8.85. The van der Waals surface area contributed by atoms with Gasteiger partial charge in [0.25, 0.3) is 0 Å². The molecule has 184 valence electrons.